The second kappa shape index (κ2) is 6.97. The van der Waals surface area contributed by atoms with Gasteiger partial charge in [0.05, 0.1) is 26.1 Å². The first-order valence-electron chi connectivity index (χ1n) is 11.0. The number of hydrogen-bond donors (Lipinski definition) is 4. The molecule has 2 aromatic carbocycles. The van der Waals surface area contributed by atoms with E-state index in [-0.39, 0.29) is 65.0 Å². The fraction of sp³-hybridized carbons (Fsp3) is 0.360. The molecule has 2 aromatic rings. The van der Waals surface area contributed by atoms with Crippen LogP contribution in [0.5, 0.6) is 28.7 Å². The summed E-state index contributed by atoms with van der Waals surface area (Å²) in [5, 5.41) is 41.2. The Kier molecular flexibility index (Phi) is 4.31. The van der Waals surface area contributed by atoms with Crippen LogP contribution < -0.4 is 9.47 Å². The van der Waals surface area contributed by atoms with Crippen LogP contribution in [0.25, 0.3) is 0 Å². The van der Waals surface area contributed by atoms with Crippen molar-refractivity contribution in [3.05, 3.63) is 53.1 Å². The first kappa shape index (κ1) is 21.0. The molecule has 0 aromatic heterocycles. The number of aromatic hydroxyl groups is 3. The van der Waals surface area contributed by atoms with Crippen molar-refractivity contribution in [3.8, 4) is 28.7 Å². The maximum absolute atomic E-state index is 13.3. The van der Waals surface area contributed by atoms with Gasteiger partial charge in [-0.2, -0.15) is 0 Å². The number of aliphatic hydroxyl groups is 1. The standard InChI is InChI=1S/C25H22O9/c1-32-19-4-10(2-3-15(19)27)21-13-7-12(23-14(21)9-33-25(23,31)24(13)30)18-8-17(29)22-16(28)5-11(26)6-20(22)34-18/h2-7,13-14,18,21,23,26-28,31H,8-9H2,1H3/t13-,14-,18-,21?,23?,25+/m1/s1. The zero-order valence-corrected chi connectivity index (χ0v) is 18.1. The zero-order chi connectivity index (χ0) is 23.9. The first-order chi connectivity index (χ1) is 16.2. The molecular formula is C25H22O9. The minimum absolute atomic E-state index is 0.00121. The minimum atomic E-state index is -2.01. The van der Waals surface area contributed by atoms with Crippen molar-refractivity contribution >= 4 is 11.6 Å². The van der Waals surface area contributed by atoms with Crippen molar-refractivity contribution in [1.29, 1.82) is 0 Å². The first-order valence-corrected chi connectivity index (χ1v) is 11.0. The van der Waals surface area contributed by atoms with Crippen molar-refractivity contribution in [1.82, 2.24) is 0 Å². The Morgan fingerprint density at radius 3 is 2.65 bits per heavy atom. The van der Waals surface area contributed by atoms with Gasteiger partial charge in [-0.3, -0.25) is 9.59 Å². The molecule has 2 aliphatic heterocycles. The van der Waals surface area contributed by atoms with Crippen LogP contribution in [-0.4, -0.2) is 57.6 Å². The lowest BCUT2D eigenvalue weighted by atomic mass is 9.55. The van der Waals surface area contributed by atoms with Gasteiger partial charge in [0.2, 0.25) is 5.79 Å². The molecule has 34 heavy (non-hydrogen) atoms. The third kappa shape index (κ3) is 2.68. The third-order valence-electron chi connectivity index (χ3n) is 7.53. The van der Waals surface area contributed by atoms with Gasteiger partial charge in [-0.05, 0) is 23.3 Å². The molecule has 0 spiro atoms. The summed E-state index contributed by atoms with van der Waals surface area (Å²) < 4.78 is 16.9. The Balaban J connectivity index is 1.43. The van der Waals surface area contributed by atoms with Crippen LogP contribution in [0.1, 0.15) is 28.3 Å². The second-order valence-electron chi connectivity index (χ2n) is 9.23. The van der Waals surface area contributed by atoms with Gasteiger partial charge >= 0.3 is 0 Å². The number of benzene rings is 2. The highest BCUT2D eigenvalue weighted by atomic mass is 16.6. The Morgan fingerprint density at radius 2 is 1.88 bits per heavy atom. The summed E-state index contributed by atoms with van der Waals surface area (Å²) in [6.07, 6.45) is 0.880. The number of ketones is 2. The van der Waals surface area contributed by atoms with Gasteiger partial charge in [-0.1, -0.05) is 12.1 Å². The molecule has 2 fully saturated rings. The van der Waals surface area contributed by atoms with Crippen LogP contribution in [0.15, 0.2) is 42.0 Å². The van der Waals surface area contributed by atoms with Crippen molar-refractivity contribution in [2.24, 2.45) is 17.8 Å². The molecule has 2 heterocycles. The lowest BCUT2D eigenvalue weighted by Gasteiger charge is -2.49. The minimum Gasteiger partial charge on any atom is -0.508 e. The number of Topliss-reactive ketones (excluding diaryl/α,β-unsaturated/α-hetero) is 2. The summed E-state index contributed by atoms with van der Waals surface area (Å²) in [6.45, 7) is 0.132. The van der Waals surface area contributed by atoms with Gasteiger partial charge in [0.25, 0.3) is 0 Å². The number of fused-ring (bicyclic) bond motifs is 1. The quantitative estimate of drug-likeness (QED) is 0.500. The number of carbonyl (C=O) groups is 2. The van der Waals surface area contributed by atoms with E-state index < -0.39 is 29.5 Å². The van der Waals surface area contributed by atoms with Crippen LogP contribution in [-0.2, 0) is 9.53 Å². The average Bonchev–Trinajstić information content (AvgIpc) is 3.12. The van der Waals surface area contributed by atoms with Gasteiger partial charge in [-0.25, -0.2) is 0 Å². The number of phenolic OH excluding ortho intramolecular Hbond substituents is 3. The van der Waals surface area contributed by atoms with E-state index in [1.807, 2.05) is 0 Å². The topological polar surface area (TPSA) is 143 Å². The lowest BCUT2D eigenvalue weighted by molar-refractivity contribution is -0.205. The van der Waals surface area contributed by atoms with Crippen molar-refractivity contribution < 1.29 is 44.2 Å². The van der Waals surface area contributed by atoms with Gasteiger partial charge in [0.1, 0.15) is 28.9 Å². The number of carbonyl (C=O) groups excluding carboxylic acids is 2. The van der Waals surface area contributed by atoms with E-state index >= 15 is 0 Å². The molecule has 2 unspecified atom stereocenters. The lowest BCUT2D eigenvalue weighted by Crippen LogP contribution is -2.59. The van der Waals surface area contributed by atoms with Crippen molar-refractivity contribution in [2.75, 3.05) is 13.7 Å². The molecule has 6 atom stereocenters. The maximum Gasteiger partial charge on any atom is 0.234 e. The van der Waals surface area contributed by atoms with Crippen LogP contribution in [0.3, 0.4) is 0 Å². The maximum atomic E-state index is 13.3. The van der Waals surface area contributed by atoms with Crippen LogP contribution in [0.2, 0.25) is 0 Å². The normalized spacial score (nSPS) is 33.4. The molecule has 4 bridgehead atoms. The van der Waals surface area contributed by atoms with Crippen LogP contribution >= 0.6 is 0 Å². The van der Waals surface area contributed by atoms with Crippen molar-refractivity contribution in [2.45, 2.75) is 24.2 Å². The molecule has 1 saturated carbocycles. The Morgan fingerprint density at radius 1 is 1.09 bits per heavy atom. The monoisotopic (exact) mass is 466 g/mol. The van der Waals surface area contributed by atoms with E-state index in [0.29, 0.717) is 5.57 Å². The smallest absolute Gasteiger partial charge is 0.234 e. The van der Waals surface area contributed by atoms with Crippen LogP contribution in [0, 0.1) is 17.8 Å². The molecule has 1 saturated heterocycles. The average molecular weight is 466 g/mol. The molecule has 7 rings (SSSR count). The fourth-order valence-electron chi connectivity index (χ4n) is 6.14. The summed E-state index contributed by atoms with van der Waals surface area (Å²) in [7, 11) is 1.44. The predicted octanol–water partition coefficient (Wildman–Crippen LogP) is 2.02. The molecule has 176 valence electrons. The Labute approximate surface area is 193 Å². The Bertz CT molecular complexity index is 1280. The molecule has 0 amide bonds. The highest BCUT2D eigenvalue weighted by molar-refractivity contribution is 6.03. The van der Waals surface area contributed by atoms with Gasteiger partial charge < -0.3 is 34.6 Å². The molecule has 9 heteroatoms. The highest BCUT2D eigenvalue weighted by Gasteiger charge is 2.68. The molecular weight excluding hydrogens is 444 g/mol. The van der Waals surface area contributed by atoms with Gasteiger partial charge in [-0.15, -0.1) is 0 Å². The highest BCUT2D eigenvalue weighted by Crippen LogP contribution is 2.61. The number of phenols is 3. The predicted molar refractivity (Wildman–Crippen MR) is 115 cm³/mol. The van der Waals surface area contributed by atoms with E-state index in [9.17, 15) is 30.0 Å². The number of rotatable bonds is 3. The fourth-order valence-corrected chi connectivity index (χ4v) is 6.14. The third-order valence-corrected chi connectivity index (χ3v) is 7.53. The van der Waals surface area contributed by atoms with Gasteiger partial charge in [0, 0.05) is 29.9 Å². The number of allylic oxidation sites excluding steroid dienone is 1. The van der Waals surface area contributed by atoms with Crippen molar-refractivity contribution in [3.63, 3.8) is 0 Å². The number of methoxy groups -OCH3 is 1. The van der Waals surface area contributed by atoms with E-state index in [1.54, 1.807) is 18.2 Å². The van der Waals surface area contributed by atoms with Crippen LogP contribution in [0.4, 0.5) is 0 Å². The summed E-state index contributed by atoms with van der Waals surface area (Å²) in [5.41, 5.74) is 1.36. The van der Waals surface area contributed by atoms with Gasteiger partial charge in [0.15, 0.2) is 23.1 Å². The van der Waals surface area contributed by atoms with E-state index in [1.165, 1.54) is 19.2 Å². The number of hydrogen-bond acceptors (Lipinski definition) is 9. The summed E-state index contributed by atoms with van der Waals surface area (Å²) in [4.78, 5) is 26.1. The Hall–Kier alpha value is -3.56. The molecule has 4 N–H and O–H groups in total. The van der Waals surface area contributed by atoms with E-state index in [2.05, 4.69) is 0 Å². The summed E-state index contributed by atoms with van der Waals surface area (Å²) >= 11 is 0. The number of ether oxygens (including phenoxy) is 3. The largest absolute Gasteiger partial charge is 0.508 e. The molecule has 3 aliphatic carbocycles. The molecule has 9 nitrogen and oxygen atoms in total. The molecule has 5 aliphatic rings. The second-order valence-corrected chi connectivity index (χ2v) is 9.23. The zero-order valence-electron chi connectivity index (χ0n) is 18.1. The summed E-state index contributed by atoms with van der Waals surface area (Å²) in [6, 6.07) is 7.25. The summed E-state index contributed by atoms with van der Waals surface area (Å²) in [5.74, 6) is -5.20. The van der Waals surface area contributed by atoms with E-state index in [0.717, 1.165) is 11.6 Å². The molecule has 0 radical (unpaired) electrons. The SMILES string of the molecule is COc1cc(C2[C@H]3CO[C@]4(O)C(=O)[C@@H]2C=C([C@H]2CC(=O)c5c(O)cc(O)cc5O2)C34)ccc1O. The van der Waals surface area contributed by atoms with E-state index in [4.69, 9.17) is 14.2 Å².